The fraction of sp³-hybridized carbons (Fsp3) is 0.300. The maximum atomic E-state index is 12.3. The van der Waals surface area contributed by atoms with Crippen molar-refractivity contribution in [1.29, 1.82) is 5.26 Å². The van der Waals surface area contributed by atoms with Gasteiger partial charge in [0.05, 0.1) is 23.8 Å². The van der Waals surface area contributed by atoms with Gasteiger partial charge in [0, 0.05) is 7.11 Å². The standard InChI is InChI=1S/C10H8F3NO/c1-15-6-7-2-3-9(10(11,12)13)4-8(7)5-14/h2-4H,6H2,1H3. The van der Waals surface area contributed by atoms with Crippen LogP contribution < -0.4 is 0 Å². The molecule has 0 saturated carbocycles. The second-order valence-corrected chi connectivity index (χ2v) is 2.91. The highest BCUT2D eigenvalue weighted by Crippen LogP contribution is 2.30. The van der Waals surface area contributed by atoms with Crippen molar-refractivity contribution in [2.75, 3.05) is 7.11 Å². The molecule has 0 bridgehead atoms. The lowest BCUT2D eigenvalue weighted by molar-refractivity contribution is -0.137. The van der Waals surface area contributed by atoms with Crippen LogP contribution in [0.3, 0.4) is 0 Å². The van der Waals surface area contributed by atoms with Gasteiger partial charge in [-0.3, -0.25) is 0 Å². The Hall–Kier alpha value is -1.54. The van der Waals surface area contributed by atoms with E-state index in [0.717, 1.165) is 12.1 Å². The number of hydrogen-bond donors (Lipinski definition) is 0. The second-order valence-electron chi connectivity index (χ2n) is 2.91. The Balaban J connectivity index is 3.15. The van der Waals surface area contributed by atoms with Crippen LogP contribution in [0.15, 0.2) is 18.2 Å². The number of alkyl halides is 3. The largest absolute Gasteiger partial charge is 0.416 e. The zero-order valence-corrected chi connectivity index (χ0v) is 7.93. The number of benzene rings is 1. The Morgan fingerprint density at radius 3 is 2.53 bits per heavy atom. The quantitative estimate of drug-likeness (QED) is 0.759. The van der Waals surface area contributed by atoms with Crippen LogP contribution in [0, 0.1) is 11.3 Å². The molecule has 0 fully saturated rings. The van der Waals surface area contributed by atoms with Crippen molar-refractivity contribution in [2.45, 2.75) is 12.8 Å². The summed E-state index contributed by atoms with van der Waals surface area (Å²) in [6.07, 6.45) is -4.42. The molecule has 0 aliphatic carbocycles. The molecular weight excluding hydrogens is 207 g/mol. The summed E-state index contributed by atoms with van der Waals surface area (Å²) in [6, 6.07) is 4.74. The molecule has 0 heterocycles. The Bertz CT molecular complexity index is 393. The van der Waals surface area contributed by atoms with E-state index in [1.807, 2.05) is 0 Å². The number of halogens is 3. The Kier molecular flexibility index (Phi) is 3.32. The second kappa shape index (κ2) is 4.32. The third-order valence-corrected chi connectivity index (χ3v) is 1.86. The molecular formula is C10H8F3NO. The Morgan fingerprint density at radius 2 is 2.07 bits per heavy atom. The number of hydrogen-bond acceptors (Lipinski definition) is 2. The minimum atomic E-state index is -4.42. The number of nitriles is 1. The summed E-state index contributed by atoms with van der Waals surface area (Å²) in [4.78, 5) is 0. The van der Waals surface area contributed by atoms with Crippen molar-refractivity contribution in [2.24, 2.45) is 0 Å². The zero-order valence-electron chi connectivity index (χ0n) is 7.93. The number of methoxy groups -OCH3 is 1. The van der Waals surface area contributed by atoms with Crippen molar-refractivity contribution < 1.29 is 17.9 Å². The van der Waals surface area contributed by atoms with Crippen molar-refractivity contribution in [3.63, 3.8) is 0 Å². The van der Waals surface area contributed by atoms with E-state index in [4.69, 9.17) is 10.00 Å². The van der Waals surface area contributed by atoms with E-state index in [0.29, 0.717) is 5.56 Å². The molecule has 0 aliphatic rings. The van der Waals surface area contributed by atoms with Crippen LogP contribution >= 0.6 is 0 Å². The van der Waals surface area contributed by atoms with E-state index >= 15 is 0 Å². The first kappa shape index (κ1) is 11.5. The van der Waals surface area contributed by atoms with Crippen molar-refractivity contribution in [1.82, 2.24) is 0 Å². The molecule has 2 nitrogen and oxygen atoms in total. The summed E-state index contributed by atoms with van der Waals surface area (Å²) in [7, 11) is 1.42. The third kappa shape index (κ3) is 2.70. The van der Waals surface area contributed by atoms with Crippen molar-refractivity contribution in [3.8, 4) is 6.07 Å². The fourth-order valence-electron chi connectivity index (χ4n) is 1.14. The van der Waals surface area contributed by atoms with Gasteiger partial charge in [-0.05, 0) is 17.7 Å². The minimum absolute atomic E-state index is 0.00771. The summed E-state index contributed by atoms with van der Waals surface area (Å²) in [5, 5.41) is 8.66. The van der Waals surface area contributed by atoms with E-state index in [-0.39, 0.29) is 12.2 Å². The van der Waals surface area contributed by atoms with Gasteiger partial charge in [-0.2, -0.15) is 18.4 Å². The molecule has 0 N–H and O–H groups in total. The van der Waals surface area contributed by atoms with Gasteiger partial charge in [0.25, 0.3) is 0 Å². The summed E-state index contributed by atoms with van der Waals surface area (Å²) in [5.74, 6) is 0. The van der Waals surface area contributed by atoms with Gasteiger partial charge in [-0.25, -0.2) is 0 Å². The van der Waals surface area contributed by atoms with Crippen molar-refractivity contribution >= 4 is 0 Å². The van der Waals surface area contributed by atoms with Gasteiger partial charge in [0.15, 0.2) is 0 Å². The summed E-state index contributed by atoms with van der Waals surface area (Å²) in [5.41, 5.74) is -0.376. The Labute approximate surface area is 84.9 Å². The van der Waals surface area contributed by atoms with E-state index in [2.05, 4.69) is 0 Å². The fourth-order valence-corrected chi connectivity index (χ4v) is 1.14. The van der Waals surface area contributed by atoms with Crippen LogP contribution in [0.1, 0.15) is 16.7 Å². The lowest BCUT2D eigenvalue weighted by Gasteiger charge is -2.09. The first-order valence-corrected chi connectivity index (χ1v) is 4.08. The van der Waals surface area contributed by atoms with E-state index < -0.39 is 11.7 Å². The third-order valence-electron chi connectivity index (χ3n) is 1.86. The van der Waals surface area contributed by atoms with Gasteiger partial charge in [0.1, 0.15) is 0 Å². The zero-order chi connectivity index (χ0) is 11.5. The van der Waals surface area contributed by atoms with Gasteiger partial charge in [-0.15, -0.1) is 0 Å². The maximum Gasteiger partial charge on any atom is 0.416 e. The van der Waals surface area contributed by atoms with Crippen LogP contribution in [-0.2, 0) is 17.5 Å². The predicted octanol–water partition coefficient (Wildman–Crippen LogP) is 2.72. The van der Waals surface area contributed by atoms with E-state index in [1.165, 1.54) is 13.2 Å². The van der Waals surface area contributed by atoms with Gasteiger partial charge >= 0.3 is 6.18 Å². The van der Waals surface area contributed by atoms with Crippen LogP contribution in [-0.4, -0.2) is 7.11 Å². The molecule has 1 aromatic carbocycles. The molecule has 0 atom stereocenters. The van der Waals surface area contributed by atoms with Crippen LogP contribution in [0.4, 0.5) is 13.2 Å². The first-order chi connectivity index (χ1) is 6.99. The average Bonchev–Trinajstić information content (AvgIpc) is 2.17. The molecule has 0 unspecified atom stereocenters. The lowest BCUT2D eigenvalue weighted by atomic mass is 10.1. The SMILES string of the molecule is COCc1ccc(C(F)(F)F)cc1C#N. The molecule has 0 radical (unpaired) electrons. The molecule has 0 amide bonds. The van der Waals surface area contributed by atoms with Crippen molar-refractivity contribution in [3.05, 3.63) is 34.9 Å². The van der Waals surface area contributed by atoms with E-state index in [1.54, 1.807) is 6.07 Å². The summed E-state index contributed by atoms with van der Waals surface area (Å²) in [6.45, 7) is 0.126. The summed E-state index contributed by atoms with van der Waals surface area (Å²) >= 11 is 0. The monoisotopic (exact) mass is 215 g/mol. The predicted molar refractivity (Wildman–Crippen MR) is 46.9 cm³/mol. The highest BCUT2D eigenvalue weighted by atomic mass is 19.4. The van der Waals surface area contributed by atoms with Gasteiger partial charge < -0.3 is 4.74 Å². The van der Waals surface area contributed by atoms with Crippen LogP contribution in [0.5, 0.6) is 0 Å². The number of ether oxygens (including phenoxy) is 1. The van der Waals surface area contributed by atoms with Crippen LogP contribution in [0.25, 0.3) is 0 Å². The lowest BCUT2D eigenvalue weighted by Crippen LogP contribution is -2.06. The molecule has 1 aromatic rings. The Morgan fingerprint density at radius 1 is 1.40 bits per heavy atom. The molecule has 0 saturated heterocycles. The van der Waals surface area contributed by atoms with E-state index in [9.17, 15) is 13.2 Å². The smallest absolute Gasteiger partial charge is 0.380 e. The first-order valence-electron chi connectivity index (χ1n) is 4.08. The average molecular weight is 215 g/mol. The molecule has 0 aromatic heterocycles. The van der Waals surface area contributed by atoms with Crippen LogP contribution in [0.2, 0.25) is 0 Å². The maximum absolute atomic E-state index is 12.3. The highest BCUT2D eigenvalue weighted by molar-refractivity contribution is 5.41. The highest BCUT2D eigenvalue weighted by Gasteiger charge is 2.30. The molecule has 5 heteroatoms. The number of rotatable bonds is 2. The number of nitrogens with zero attached hydrogens (tertiary/aromatic N) is 1. The normalized spacial score (nSPS) is 11.1. The molecule has 1 rings (SSSR count). The van der Waals surface area contributed by atoms with Gasteiger partial charge in [0.2, 0.25) is 0 Å². The minimum Gasteiger partial charge on any atom is -0.380 e. The molecule has 0 spiro atoms. The molecule has 15 heavy (non-hydrogen) atoms. The topological polar surface area (TPSA) is 33.0 Å². The molecule has 0 aliphatic heterocycles. The molecule has 80 valence electrons. The van der Waals surface area contributed by atoms with Gasteiger partial charge in [-0.1, -0.05) is 6.07 Å². The summed E-state index contributed by atoms with van der Waals surface area (Å²) < 4.78 is 41.6.